The molecule has 0 radical (unpaired) electrons. The first-order valence-corrected chi connectivity index (χ1v) is 10.7. The number of anilines is 1. The summed E-state index contributed by atoms with van der Waals surface area (Å²) in [5.74, 6) is -0.955. The quantitative estimate of drug-likeness (QED) is 0.476. The number of pyridine rings is 1. The van der Waals surface area contributed by atoms with Crippen LogP contribution in [0.4, 0.5) is 5.69 Å². The van der Waals surface area contributed by atoms with Gasteiger partial charge in [0.25, 0.3) is 11.8 Å². The Morgan fingerprint density at radius 1 is 1.13 bits per heavy atom. The van der Waals surface area contributed by atoms with E-state index >= 15 is 0 Å². The number of nitrogens with zero attached hydrogens (tertiary/aromatic N) is 3. The van der Waals surface area contributed by atoms with E-state index in [9.17, 15) is 9.59 Å². The molecule has 3 aromatic heterocycles. The van der Waals surface area contributed by atoms with Crippen LogP contribution in [-0.4, -0.2) is 26.6 Å². The van der Waals surface area contributed by atoms with E-state index in [1.54, 1.807) is 47.9 Å². The number of fused-ring (bicyclic) bond motifs is 1. The second-order valence-corrected chi connectivity index (χ2v) is 9.13. The lowest BCUT2D eigenvalue weighted by Gasteiger charge is -2.12. The number of thiophene rings is 1. The van der Waals surface area contributed by atoms with E-state index in [4.69, 9.17) is 10.7 Å². The van der Waals surface area contributed by atoms with Crippen molar-refractivity contribution >= 4 is 39.9 Å². The molecule has 0 aliphatic rings. The normalized spacial score (nSPS) is 11.3. The fourth-order valence-electron chi connectivity index (χ4n) is 3.60. The van der Waals surface area contributed by atoms with Crippen molar-refractivity contribution in [1.82, 2.24) is 14.8 Å². The van der Waals surface area contributed by atoms with Gasteiger partial charge in [-0.1, -0.05) is 12.1 Å². The van der Waals surface area contributed by atoms with Crippen molar-refractivity contribution in [2.75, 3.05) is 5.32 Å². The molecule has 0 spiro atoms. The Bertz CT molecular complexity index is 1320. The summed E-state index contributed by atoms with van der Waals surface area (Å²) < 4.78 is 1.81. The van der Waals surface area contributed by atoms with E-state index in [1.165, 1.54) is 4.88 Å². The van der Waals surface area contributed by atoms with Crippen LogP contribution in [0.3, 0.4) is 0 Å². The Balaban J connectivity index is 1.88. The molecule has 31 heavy (non-hydrogen) atoms. The summed E-state index contributed by atoms with van der Waals surface area (Å²) in [4.78, 5) is 32.2. The smallest absolute Gasteiger partial charge is 0.256 e. The van der Waals surface area contributed by atoms with E-state index in [1.807, 2.05) is 32.4 Å². The van der Waals surface area contributed by atoms with Gasteiger partial charge in [0.15, 0.2) is 5.65 Å². The molecule has 0 aliphatic carbocycles. The summed E-state index contributed by atoms with van der Waals surface area (Å²) in [6.45, 7) is 8.13. The average molecular weight is 434 g/mol. The minimum absolute atomic E-state index is 0.0806. The maximum atomic E-state index is 13.3. The third kappa shape index (κ3) is 3.82. The fourth-order valence-corrected chi connectivity index (χ4v) is 4.54. The number of benzene rings is 1. The minimum atomic E-state index is -0.603. The van der Waals surface area contributed by atoms with Crippen LogP contribution in [0.5, 0.6) is 0 Å². The van der Waals surface area contributed by atoms with Crippen LogP contribution in [0.25, 0.3) is 22.3 Å². The highest BCUT2D eigenvalue weighted by Gasteiger charge is 2.21. The number of carbonyl (C=O) groups excluding carboxylic acids is 2. The summed E-state index contributed by atoms with van der Waals surface area (Å²) in [5, 5.41) is 7.94. The highest BCUT2D eigenvalue weighted by Crippen LogP contribution is 2.33. The third-order valence-corrected chi connectivity index (χ3v) is 6.02. The van der Waals surface area contributed by atoms with Crippen LogP contribution in [0, 0.1) is 13.8 Å². The summed E-state index contributed by atoms with van der Waals surface area (Å²) >= 11 is 1.69. The van der Waals surface area contributed by atoms with E-state index in [0.29, 0.717) is 28.0 Å². The van der Waals surface area contributed by atoms with E-state index in [-0.39, 0.29) is 17.5 Å². The molecule has 1 aromatic carbocycles. The van der Waals surface area contributed by atoms with E-state index in [2.05, 4.69) is 16.5 Å². The summed E-state index contributed by atoms with van der Waals surface area (Å²) in [6.07, 6.45) is 1.66. The van der Waals surface area contributed by atoms with E-state index < -0.39 is 5.91 Å². The SMILES string of the molecule is Cc1cc(-c2cc(C(=O)Nc3ccccc3C(N)=O)c3cnn(C(C)C)c3n2)c(C)s1. The zero-order chi connectivity index (χ0) is 22.3. The highest BCUT2D eigenvalue weighted by molar-refractivity contribution is 7.12. The molecule has 0 saturated carbocycles. The summed E-state index contributed by atoms with van der Waals surface area (Å²) in [6, 6.07) is 10.6. The molecule has 3 heterocycles. The van der Waals surface area contributed by atoms with Crippen LogP contribution >= 0.6 is 11.3 Å². The standard InChI is InChI=1S/C23H23N5O2S/c1-12(2)28-22-18(11-25-28)17(10-20(26-22)16-9-13(3)31-14(16)4)23(30)27-19-8-6-5-7-15(19)21(24)29/h5-12H,1-4H3,(H2,24,29)(H,27,30). The van der Waals surface area contributed by atoms with Crippen LogP contribution in [0.1, 0.15) is 50.4 Å². The molecule has 0 unspecified atom stereocenters. The molecule has 4 rings (SSSR count). The fraction of sp³-hybridized carbons (Fsp3) is 0.217. The van der Waals surface area contributed by atoms with Gasteiger partial charge in [-0.05, 0) is 52.0 Å². The number of hydrogen-bond donors (Lipinski definition) is 2. The molecular weight excluding hydrogens is 410 g/mol. The zero-order valence-corrected chi connectivity index (χ0v) is 18.6. The van der Waals surface area contributed by atoms with Crippen LogP contribution in [0.2, 0.25) is 0 Å². The molecule has 0 bridgehead atoms. The van der Waals surface area contributed by atoms with Crippen LogP contribution in [-0.2, 0) is 0 Å². The zero-order valence-electron chi connectivity index (χ0n) is 17.8. The van der Waals surface area contributed by atoms with Crippen molar-refractivity contribution in [2.24, 2.45) is 5.73 Å². The monoisotopic (exact) mass is 433 g/mol. The number of nitrogens with one attached hydrogen (secondary N) is 1. The van der Waals surface area contributed by atoms with Crippen LogP contribution < -0.4 is 11.1 Å². The molecule has 7 nitrogen and oxygen atoms in total. The molecule has 3 N–H and O–H groups in total. The predicted molar refractivity (Wildman–Crippen MR) is 124 cm³/mol. The molecule has 4 aromatic rings. The molecule has 2 amide bonds. The topological polar surface area (TPSA) is 103 Å². The third-order valence-electron chi connectivity index (χ3n) is 5.06. The second kappa shape index (κ2) is 7.96. The van der Waals surface area contributed by atoms with Gasteiger partial charge in [0.05, 0.1) is 34.1 Å². The van der Waals surface area contributed by atoms with Gasteiger partial charge in [-0.15, -0.1) is 11.3 Å². The number of aryl methyl sites for hydroxylation is 2. The molecule has 0 saturated heterocycles. The van der Waals surface area contributed by atoms with Crippen molar-refractivity contribution in [2.45, 2.75) is 33.7 Å². The largest absolute Gasteiger partial charge is 0.366 e. The van der Waals surface area contributed by atoms with E-state index in [0.717, 1.165) is 10.4 Å². The van der Waals surface area contributed by atoms with Gasteiger partial charge in [-0.25, -0.2) is 9.67 Å². The number of rotatable bonds is 5. The molecule has 8 heteroatoms. The predicted octanol–water partition coefficient (Wildman–Crippen LogP) is 4.71. The van der Waals surface area contributed by atoms with Crippen molar-refractivity contribution in [3.8, 4) is 11.3 Å². The Kier molecular flexibility index (Phi) is 5.32. The van der Waals surface area contributed by atoms with Gasteiger partial charge in [0.1, 0.15) is 0 Å². The summed E-state index contributed by atoms with van der Waals surface area (Å²) in [7, 11) is 0. The van der Waals surface area contributed by atoms with Gasteiger partial charge in [-0.3, -0.25) is 9.59 Å². The van der Waals surface area contributed by atoms with Gasteiger partial charge >= 0.3 is 0 Å². The van der Waals surface area contributed by atoms with Gasteiger partial charge in [0, 0.05) is 21.4 Å². The first-order chi connectivity index (χ1) is 14.8. The van der Waals surface area contributed by atoms with Gasteiger partial charge in [-0.2, -0.15) is 5.10 Å². The maximum absolute atomic E-state index is 13.3. The molecule has 158 valence electrons. The molecule has 0 aliphatic heterocycles. The molecule has 0 fully saturated rings. The lowest BCUT2D eigenvalue weighted by molar-refractivity contribution is 0.100. The second-order valence-electron chi connectivity index (χ2n) is 7.67. The van der Waals surface area contributed by atoms with Crippen LogP contribution in [0.15, 0.2) is 42.6 Å². The number of primary amides is 1. The molecular formula is C23H23N5O2S. The number of carbonyl (C=O) groups is 2. The Hall–Kier alpha value is -3.52. The lowest BCUT2D eigenvalue weighted by atomic mass is 10.1. The highest BCUT2D eigenvalue weighted by atomic mass is 32.1. The number of amides is 2. The summed E-state index contributed by atoms with van der Waals surface area (Å²) in [5.41, 5.74) is 8.87. The Labute approximate surface area is 183 Å². The number of para-hydroxylation sites is 1. The average Bonchev–Trinajstić information content (AvgIpc) is 3.29. The Morgan fingerprint density at radius 3 is 2.52 bits per heavy atom. The minimum Gasteiger partial charge on any atom is -0.366 e. The van der Waals surface area contributed by atoms with Gasteiger partial charge in [0.2, 0.25) is 0 Å². The Morgan fingerprint density at radius 2 is 1.87 bits per heavy atom. The van der Waals surface area contributed by atoms with Crippen molar-refractivity contribution in [1.29, 1.82) is 0 Å². The van der Waals surface area contributed by atoms with Crippen molar-refractivity contribution in [3.05, 3.63) is 63.5 Å². The van der Waals surface area contributed by atoms with Crippen molar-refractivity contribution < 1.29 is 9.59 Å². The number of hydrogen-bond acceptors (Lipinski definition) is 5. The van der Waals surface area contributed by atoms with Crippen molar-refractivity contribution in [3.63, 3.8) is 0 Å². The first kappa shape index (κ1) is 20.7. The number of nitrogens with two attached hydrogens (primary N) is 1. The number of aromatic nitrogens is 3. The maximum Gasteiger partial charge on any atom is 0.256 e. The lowest BCUT2D eigenvalue weighted by Crippen LogP contribution is -2.18. The molecule has 0 atom stereocenters. The van der Waals surface area contributed by atoms with Gasteiger partial charge < -0.3 is 11.1 Å². The first-order valence-electron chi connectivity index (χ1n) is 9.92.